The fraction of sp³-hybridized carbons (Fsp3) is 0.333. The van der Waals surface area contributed by atoms with Crippen LogP contribution in [0.1, 0.15) is 13.8 Å². The molecule has 1 aromatic carbocycles. The predicted octanol–water partition coefficient (Wildman–Crippen LogP) is 3.08. The maximum atomic E-state index is 12.1. The molecule has 1 heterocycles. The highest BCUT2D eigenvalue weighted by atomic mass is 32.2. The van der Waals surface area contributed by atoms with Crippen LogP contribution in [0.15, 0.2) is 41.6 Å². The SMILES string of the molecule is C=C(C)CN(CC)C(=O)CSc1nc2ccccc2[nH]1. The molecule has 4 nitrogen and oxygen atoms in total. The maximum absolute atomic E-state index is 12.1. The van der Waals surface area contributed by atoms with Gasteiger partial charge in [-0.05, 0) is 26.0 Å². The third-order valence-electron chi connectivity index (χ3n) is 2.90. The number of amides is 1. The first-order valence-corrected chi connectivity index (χ1v) is 7.58. The number of rotatable bonds is 6. The summed E-state index contributed by atoms with van der Waals surface area (Å²) in [5.41, 5.74) is 2.92. The summed E-state index contributed by atoms with van der Waals surface area (Å²) in [7, 11) is 0. The summed E-state index contributed by atoms with van der Waals surface area (Å²) in [5, 5.41) is 0.783. The third kappa shape index (κ3) is 3.63. The van der Waals surface area contributed by atoms with Crippen LogP contribution in [0.3, 0.4) is 0 Å². The first-order valence-electron chi connectivity index (χ1n) is 6.60. The van der Waals surface area contributed by atoms with Gasteiger partial charge in [0.1, 0.15) is 0 Å². The molecule has 1 N–H and O–H groups in total. The fourth-order valence-electron chi connectivity index (χ4n) is 1.92. The van der Waals surface area contributed by atoms with E-state index in [2.05, 4.69) is 16.5 Å². The zero-order valence-electron chi connectivity index (χ0n) is 11.8. The van der Waals surface area contributed by atoms with Gasteiger partial charge in [0, 0.05) is 13.1 Å². The standard InChI is InChI=1S/C15H19N3OS/c1-4-18(9-11(2)3)14(19)10-20-15-16-12-7-5-6-8-13(12)17-15/h5-8H,2,4,9-10H2,1,3H3,(H,16,17). The molecular formula is C15H19N3OS. The number of nitrogens with zero attached hydrogens (tertiary/aromatic N) is 2. The molecule has 0 aliphatic rings. The number of fused-ring (bicyclic) bond motifs is 1. The number of para-hydroxylation sites is 2. The van der Waals surface area contributed by atoms with Crippen molar-refractivity contribution in [3.63, 3.8) is 0 Å². The number of aromatic amines is 1. The number of carbonyl (C=O) groups excluding carboxylic acids is 1. The molecule has 0 aliphatic carbocycles. The lowest BCUT2D eigenvalue weighted by Crippen LogP contribution is -2.33. The van der Waals surface area contributed by atoms with Crippen molar-refractivity contribution in [2.75, 3.05) is 18.8 Å². The van der Waals surface area contributed by atoms with Crippen LogP contribution in [0.5, 0.6) is 0 Å². The van der Waals surface area contributed by atoms with Crippen LogP contribution in [-0.4, -0.2) is 39.6 Å². The molecule has 0 saturated carbocycles. The van der Waals surface area contributed by atoms with Crippen molar-refractivity contribution in [1.29, 1.82) is 0 Å². The Labute approximate surface area is 123 Å². The van der Waals surface area contributed by atoms with E-state index in [1.54, 1.807) is 4.90 Å². The second kappa shape index (κ2) is 6.61. The summed E-state index contributed by atoms with van der Waals surface area (Å²) >= 11 is 1.44. The molecule has 0 fully saturated rings. The Kier molecular flexibility index (Phi) is 4.84. The van der Waals surface area contributed by atoms with Crippen molar-refractivity contribution in [3.05, 3.63) is 36.4 Å². The van der Waals surface area contributed by atoms with Gasteiger partial charge in [0.15, 0.2) is 5.16 Å². The molecule has 0 spiro atoms. The molecule has 0 radical (unpaired) electrons. The third-order valence-corrected chi connectivity index (χ3v) is 3.75. The van der Waals surface area contributed by atoms with Crippen molar-refractivity contribution in [3.8, 4) is 0 Å². The summed E-state index contributed by atoms with van der Waals surface area (Å²) in [4.78, 5) is 21.6. The quantitative estimate of drug-likeness (QED) is 0.656. The van der Waals surface area contributed by atoms with E-state index in [-0.39, 0.29) is 5.91 Å². The van der Waals surface area contributed by atoms with Crippen LogP contribution < -0.4 is 0 Å². The van der Waals surface area contributed by atoms with E-state index in [0.717, 1.165) is 21.8 Å². The number of imidazole rings is 1. The summed E-state index contributed by atoms with van der Waals surface area (Å²) in [6.45, 7) is 9.09. The van der Waals surface area contributed by atoms with Crippen molar-refractivity contribution in [2.45, 2.75) is 19.0 Å². The van der Waals surface area contributed by atoms with E-state index in [0.29, 0.717) is 18.8 Å². The average Bonchev–Trinajstić information content (AvgIpc) is 2.84. The number of benzene rings is 1. The van der Waals surface area contributed by atoms with Crippen LogP contribution in [0.2, 0.25) is 0 Å². The molecule has 106 valence electrons. The zero-order valence-corrected chi connectivity index (χ0v) is 12.7. The molecule has 0 aliphatic heterocycles. The minimum Gasteiger partial charge on any atom is -0.338 e. The summed E-state index contributed by atoms with van der Waals surface area (Å²) in [6.07, 6.45) is 0. The van der Waals surface area contributed by atoms with Gasteiger partial charge in [-0.1, -0.05) is 36.0 Å². The van der Waals surface area contributed by atoms with Gasteiger partial charge in [0.05, 0.1) is 16.8 Å². The molecule has 2 rings (SSSR count). The van der Waals surface area contributed by atoms with Crippen molar-refractivity contribution in [1.82, 2.24) is 14.9 Å². The Morgan fingerprint density at radius 1 is 1.45 bits per heavy atom. The fourth-order valence-corrected chi connectivity index (χ4v) is 2.71. The van der Waals surface area contributed by atoms with Crippen LogP contribution in [0.25, 0.3) is 11.0 Å². The molecule has 20 heavy (non-hydrogen) atoms. The molecule has 0 atom stereocenters. The number of hydrogen-bond acceptors (Lipinski definition) is 3. The highest BCUT2D eigenvalue weighted by Gasteiger charge is 2.13. The maximum Gasteiger partial charge on any atom is 0.233 e. The van der Waals surface area contributed by atoms with Crippen molar-refractivity contribution >= 4 is 28.7 Å². The topological polar surface area (TPSA) is 49.0 Å². The molecular weight excluding hydrogens is 270 g/mol. The van der Waals surface area contributed by atoms with Gasteiger partial charge in [0.25, 0.3) is 0 Å². The van der Waals surface area contributed by atoms with Crippen molar-refractivity contribution in [2.24, 2.45) is 0 Å². The Bertz CT molecular complexity index is 587. The zero-order chi connectivity index (χ0) is 14.5. The van der Waals surface area contributed by atoms with E-state index < -0.39 is 0 Å². The van der Waals surface area contributed by atoms with E-state index in [1.165, 1.54) is 11.8 Å². The normalized spacial score (nSPS) is 10.7. The number of thioether (sulfide) groups is 1. The molecule has 0 bridgehead atoms. The molecule has 2 aromatic rings. The van der Waals surface area contributed by atoms with Gasteiger partial charge in [-0.3, -0.25) is 4.79 Å². The summed E-state index contributed by atoms with van der Waals surface area (Å²) in [6, 6.07) is 7.85. The molecule has 1 aromatic heterocycles. The number of carbonyl (C=O) groups is 1. The van der Waals surface area contributed by atoms with E-state index >= 15 is 0 Å². The number of H-pyrrole nitrogens is 1. The Hall–Kier alpha value is -1.75. The van der Waals surface area contributed by atoms with Gasteiger partial charge in [-0.25, -0.2) is 4.98 Å². The molecule has 1 amide bonds. The summed E-state index contributed by atoms with van der Waals surface area (Å²) < 4.78 is 0. The smallest absolute Gasteiger partial charge is 0.233 e. The van der Waals surface area contributed by atoms with E-state index in [9.17, 15) is 4.79 Å². The number of aromatic nitrogens is 2. The number of hydrogen-bond donors (Lipinski definition) is 1. The van der Waals surface area contributed by atoms with Gasteiger partial charge in [-0.15, -0.1) is 0 Å². The highest BCUT2D eigenvalue weighted by molar-refractivity contribution is 7.99. The second-order valence-electron chi connectivity index (χ2n) is 4.71. The Balaban J connectivity index is 1.96. The van der Waals surface area contributed by atoms with Crippen LogP contribution >= 0.6 is 11.8 Å². The highest BCUT2D eigenvalue weighted by Crippen LogP contribution is 2.19. The lowest BCUT2D eigenvalue weighted by Gasteiger charge is -2.20. The molecule has 5 heteroatoms. The van der Waals surface area contributed by atoms with E-state index in [4.69, 9.17) is 0 Å². The van der Waals surface area contributed by atoms with Gasteiger partial charge < -0.3 is 9.88 Å². The van der Waals surface area contributed by atoms with Gasteiger partial charge in [-0.2, -0.15) is 0 Å². The minimum absolute atomic E-state index is 0.112. The molecule has 0 unspecified atom stereocenters. The van der Waals surface area contributed by atoms with E-state index in [1.807, 2.05) is 38.1 Å². The monoisotopic (exact) mass is 289 g/mol. The first kappa shape index (κ1) is 14.7. The Morgan fingerprint density at radius 2 is 2.20 bits per heavy atom. The number of likely N-dealkylation sites (N-methyl/N-ethyl adjacent to an activating group) is 1. The van der Waals surface area contributed by atoms with Crippen molar-refractivity contribution < 1.29 is 4.79 Å². The number of nitrogens with one attached hydrogen (secondary N) is 1. The van der Waals surface area contributed by atoms with Crippen LogP contribution in [0.4, 0.5) is 0 Å². The average molecular weight is 289 g/mol. The Morgan fingerprint density at radius 3 is 2.85 bits per heavy atom. The first-order chi connectivity index (χ1) is 9.60. The summed E-state index contributed by atoms with van der Waals surface area (Å²) in [5.74, 6) is 0.502. The second-order valence-corrected chi connectivity index (χ2v) is 5.68. The lowest BCUT2D eigenvalue weighted by atomic mass is 10.3. The largest absolute Gasteiger partial charge is 0.338 e. The lowest BCUT2D eigenvalue weighted by molar-refractivity contribution is -0.127. The van der Waals surface area contributed by atoms with Gasteiger partial charge >= 0.3 is 0 Å². The van der Waals surface area contributed by atoms with Crippen LogP contribution in [-0.2, 0) is 4.79 Å². The molecule has 0 saturated heterocycles. The minimum atomic E-state index is 0.112. The predicted molar refractivity (Wildman–Crippen MR) is 83.9 cm³/mol. The van der Waals surface area contributed by atoms with Crippen LogP contribution in [0, 0.1) is 0 Å². The van der Waals surface area contributed by atoms with Gasteiger partial charge in [0.2, 0.25) is 5.91 Å².